The number of pyridine rings is 1. The van der Waals surface area contributed by atoms with Crippen LogP contribution in [0.4, 0.5) is 5.69 Å². The van der Waals surface area contributed by atoms with Gasteiger partial charge >= 0.3 is 0 Å². The Balaban J connectivity index is 1.71. The summed E-state index contributed by atoms with van der Waals surface area (Å²) in [7, 11) is 0. The first-order valence-corrected chi connectivity index (χ1v) is 6.62. The average molecular weight is 271 g/mol. The van der Waals surface area contributed by atoms with Gasteiger partial charge in [-0.2, -0.15) is 0 Å². The lowest BCUT2D eigenvalue weighted by atomic mass is 9.96. The summed E-state index contributed by atoms with van der Waals surface area (Å²) in [6, 6.07) is 3.63. The Morgan fingerprint density at radius 1 is 1.50 bits per heavy atom. The van der Waals surface area contributed by atoms with Gasteiger partial charge in [0.2, 0.25) is 5.91 Å². The second kappa shape index (κ2) is 4.72. The standard InChI is InChI=1S/C14H17N5O/c1-14(15,10-2-3-10)13(20)18-11-4-5-12(17-8-11)19-7-6-16-9-19/h4-10H,2-3,15H2,1H3,(H,18,20). The van der Waals surface area contributed by atoms with E-state index in [0.29, 0.717) is 11.6 Å². The molecule has 0 radical (unpaired) electrons. The number of anilines is 1. The van der Waals surface area contributed by atoms with E-state index in [0.717, 1.165) is 18.7 Å². The molecule has 1 atom stereocenters. The molecule has 2 aromatic heterocycles. The fourth-order valence-corrected chi connectivity index (χ4v) is 2.14. The summed E-state index contributed by atoms with van der Waals surface area (Å²) < 4.78 is 1.79. The van der Waals surface area contributed by atoms with Crippen molar-refractivity contribution in [3.63, 3.8) is 0 Å². The van der Waals surface area contributed by atoms with Crippen LogP contribution in [0.25, 0.3) is 5.82 Å². The van der Waals surface area contributed by atoms with E-state index in [-0.39, 0.29) is 5.91 Å². The molecule has 0 bridgehead atoms. The number of amides is 1. The van der Waals surface area contributed by atoms with Crippen molar-refractivity contribution >= 4 is 11.6 Å². The first-order valence-electron chi connectivity index (χ1n) is 6.62. The molecule has 6 heteroatoms. The quantitative estimate of drug-likeness (QED) is 0.878. The normalized spacial score (nSPS) is 17.5. The molecule has 0 aromatic carbocycles. The van der Waals surface area contributed by atoms with Crippen LogP contribution in [0.5, 0.6) is 0 Å². The van der Waals surface area contributed by atoms with Gasteiger partial charge in [0.05, 0.1) is 17.4 Å². The van der Waals surface area contributed by atoms with Gasteiger partial charge in [-0.1, -0.05) is 0 Å². The van der Waals surface area contributed by atoms with Gasteiger partial charge in [0.15, 0.2) is 0 Å². The van der Waals surface area contributed by atoms with Crippen LogP contribution in [0.15, 0.2) is 37.1 Å². The Labute approximate surface area is 117 Å². The molecule has 3 N–H and O–H groups in total. The molecule has 1 aliphatic carbocycles. The number of nitrogens with two attached hydrogens (primary N) is 1. The van der Waals surface area contributed by atoms with Crippen molar-refractivity contribution in [1.29, 1.82) is 0 Å². The fraction of sp³-hybridized carbons (Fsp3) is 0.357. The minimum atomic E-state index is -0.803. The van der Waals surface area contributed by atoms with Crippen molar-refractivity contribution in [2.75, 3.05) is 5.32 Å². The maximum Gasteiger partial charge on any atom is 0.244 e. The van der Waals surface area contributed by atoms with Crippen LogP contribution >= 0.6 is 0 Å². The second-order valence-electron chi connectivity index (χ2n) is 5.39. The van der Waals surface area contributed by atoms with E-state index < -0.39 is 5.54 Å². The molecule has 1 fully saturated rings. The number of carbonyl (C=O) groups is 1. The lowest BCUT2D eigenvalue weighted by Crippen LogP contribution is -2.50. The molecule has 2 heterocycles. The van der Waals surface area contributed by atoms with Gasteiger partial charge in [-0.05, 0) is 37.8 Å². The van der Waals surface area contributed by atoms with Crippen LogP contribution < -0.4 is 11.1 Å². The Kier molecular flexibility index (Phi) is 3.02. The van der Waals surface area contributed by atoms with E-state index in [2.05, 4.69) is 15.3 Å². The van der Waals surface area contributed by atoms with Gasteiger partial charge in [0.1, 0.15) is 12.1 Å². The van der Waals surface area contributed by atoms with E-state index in [9.17, 15) is 4.79 Å². The number of imidazole rings is 1. The molecule has 1 unspecified atom stereocenters. The highest BCUT2D eigenvalue weighted by atomic mass is 16.2. The number of rotatable bonds is 4. The molecule has 1 amide bonds. The lowest BCUT2D eigenvalue weighted by molar-refractivity contribution is -0.121. The first kappa shape index (κ1) is 12.8. The molecule has 20 heavy (non-hydrogen) atoms. The molecule has 3 rings (SSSR count). The molecule has 0 aliphatic heterocycles. The molecule has 1 saturated carbocycles. The highest BCUT2D eigenvalue weighted by Crippen LogP contribution is 2.38. The van der Waals surface area contributed by atoms with Gasteiger partial charge in [-0.25, -0.2) is 9.97 Å². The summed E-state index contributed by atoms with van der Waals surface area (Å²) in [5.41, 5.74) is 5.92. The highest BCUT2D eigenvalue weighted by molar-refractivity contribution is 5.98. The van der Waals surface area contributed by atoms with E-state index in [4.69, 9.17) is 5.73 Å². The van der Waals surface area contributed by atoms with Crippen molar-refractivity contribution in [1.82, 2.24) is 14.5 Å². The Hall–Kier alpha value is -2.21. The SMILES string of the molecule is CC(N)(C(=O)Nc1ccc(-n2ccnc2)nc1)C1CC1. The third-order valence-corrected chi connectivity index (χ3v) is 3.69. The zero-order valence-corrected chi connectivity index (χ0v) is 11.3. The van der Waals surface area contributed by atoms with Crippen LogP contribution in [-0.4, -0.2) is 26.0 Å². The monoisotopic (exact) mass is 271 g/mol. The minimum absolute atomic E-state index is 0.155. The second-order valence-corrected chi connectivity index (χ2v) is 5.39. The van der Waals surface area contributed by atoms with Crippen LogP contribution in [0, 0.1) is 5.92 Å². The number of carbonyl (C=O) groups excluding carboxylic acids is 1. The summed E-state index contributed by atoms with van der Waals surface area (Å²) >= 11 is 0. The van der Waals surface area contributed by atoms with E-state index in [1.165, 1.54) is 0 Å². The van der Waals surface area contributed by atoms with Gasteiger partial charge < -0.3 is 11.1 Å². The number of nitrogens with one attached hydrogen (secondary N) is 1. The zero-order valence-electron chi connectivity index (χ0n) is 11.3. The summed E-state index contributed by atoms with van der Waals surface area (Å²) in [6.45, 7) is 1.79. The predicted molar refractivity (Wildman–Crippen MR) is 75.3 cm³/mol. The smallest absolute Gasteiger partial charge is 0.244 e. The van der Waals surface area contributed by atoms with Gasteiger partial charge in [0.25, 0.3) is 0 Å². The zero-order chi connectivity index (χ0) is 14.2. The molecular formula is C14H17N5O. The molecule has 1 aliphatic rings. The lowest BCUT2D eigenvalue weighted by Gasteiger charge is -2.23. The number of nitrogens with zero attached hydrogens (tertiary/aromatic N) is 3. The van der Waals surface area contributed by atoms with Crippen molar-refractivity contribution in [3.8, 4) is 5.82 Å². The maximum absolute atomic E-state index is 12.2. The van der Waals surface area contributed by atoms with Crippen molar-refractivity contribution in [2.24, 2.45) is 11.7 Å². The Bertz CT molecular complexity index is 599. The first-order chi connectivity index (χ1) is 9.57. The predicted octanol–water partition coefficient (Wildman–Crippen LogP) is 1.33. The number of hydrogen-bond donors (Lipinski definition) is 2. The van der Waals surface area contributed by atoms with Gasteiger partial charge in [-0.3, -0.25) is 9.36 Å². The van der Waals surface area contributed by atoms with Crippen LogP contribution in [0.3, 0.4) is 0 Å². The maximum atomic E-state index is 12.2. The molecule has 6 nitrogen and oxygen atoms in total. The Morgan fingerprint density at radius 3 is 2.85 bits per heavy atom. The van der Waals surface area contributed by atoms with Crippen molar-refractivity contribution in [2.45, 2.75) is 25.3 Å². The fourth-order valence-electron chi connectivity index (χ4n) is 2.14. The molecule has 104 valence electrons. The van der Waals surface area contributed by atoms with Crippen LogP contribution in [0.1, 0.15) is 19.8 Å². The molecule has 0 spiro atoms. The summed E-state index contributed by atoms with van der Waals surface area (Å²) in [5, 5.41) is 2.82. The van der Waals surface area contributed by atoms with E-state index in [1.807, 2.05) is 18.3 Å². The molecule has 2 aromatic rings. The van der Waals surface area contributed by atoms with E-state index in [1.54, 1.807) is 30.2 Å². The van der Waals surface area contributed by atoms with Crippen molar-refractivity contribution in [3.05, 3.63) is 37.1 Å². The van der Waals surface area contributed by atoms with Crippen LogP contribution in [-0.2, 0) is 4.79 Å². The Morgan fingerprint density at radius 2 is 2.30 bits per heavy atom. The summed E-state index contributed by atoms with van der Waals surface area (Å²) in [5.74, 6) is 0.885. The van der Waals surface area contributed by atoms with Crippen molar-refractivity contribution < 1.29 is 4.79 Å². The summed E-state index contributed by atoms with van der Waals surface area (Å²) in [6.07, 6.45) is 8.84. The topological polar surface area (TPSA) is 85.8 Å². The van der Waals surface area contributed by atoms with E-state index >= 15 is 0 Å². The number of aromatic nitrogens is 3. The highest BCUT2D eigenvalue weighted by Gasteiger charge is 2.44. The molecular weight excluding hydrogens is 254 g/mol. The van der Waals surface area contributed by atoms with Crippen LogP contribution in [0.2, 0.25) is 0 Å². The van der Waals surface area contributed by atoms with Gasteiger partial charge in [-0.15, -0.1) is 0 Å². The van der Waals surface area contributed by atoms with Gasteiger partial charge in [0, 0.05) is 12.4 Å². The number of hydrogen-bond acceptors (Lipinski definition) is 4. The summed E-state index contributed by atoms with van der Waals surface area (Å²) in [4.78, 5) is 20.4. The largest absolute Gasteiger partial charge is 0.323 e. The third kappa shape index (κ3) is 2.42. The minimum Gasteiger partial charge on any atom is -0.323 e. The molecule has 0 saturated heterocycles. The average Bonchev–Trinajstić information content (AvgIpc) is 3.17. The third-order valence-electron chi connectivity index (χ3n) is 3.69.